The maximum atomic E-state index is 6.40. The first-order valence-corrected chi connectivity index (χ1v) is 13.1. The van der Waals surface area contributed by atoms with Crippen molar-refractivity contribution in [2.45, 2.75) is 90.6 Å². The summed E-state index contributed by atoms with van der Waals surface area (Å²) < 4.78 is 20.7. The number of hydrogen-bond donors (Lipinski definition) is 0. The molecule has 6 heteroatoms. The van der Waals surface area contributed by atoms with Crippen molar-refractivity contribution in [3.8, 4) is 11.5 Å². The summed E-state index contributed by atoms with van der Waals surface area (Å²) in [4.78, 5) is 0. The Hall–Kier alpha value is -2.86. The van der Waals surface area contributed by atoms with Crippen molar-refractivity contribution in [2.24, 2.45) is 0 Å². The SMILES string of the molecule is CCCCCCCCc1cn([C@H]2C[C@H](Oc3ccc(C)cc3)[C@@H](COc3ccc(C)cc3)O2)nn1. The average Bonchev–Trinajstić information content (AvgIpc) is 3.49. The Morgan fingerprint density at radius 1 is 0.886 bits per heavy atom. The van der Waals surface area contributed by atoms with Gasteiger partial charge in [0.05, 0.1) is 11.9 Å². The molecule has 1 aliphatic heterocycles. The van der Waals surface area contributed by atoms with Crippen LogP contribution in [-0.4, -0.2) is 33.8 Å². The molecule has 0 bridgehead atoms. The van der Waals surface area contributed by atoms with Crippen molar-refractivity contribution in [3.05, 3.63) is 71.5 Å². The Labute approximate surface area is 209 Å². The maximum Gasteiger partial charge on any atom is 0.156 e. The van der Waals surface area contributed by atoms with Crippen LogP contribution in [0.4, 0.5) is 0 Å². The molecule has 1 aromatic heterocycles. The third-order valence-corrected chi connectivity index (χ3v) is 6.56. The zero-order chi connectivity index (χ0) is 24.5. The second kappa shape index (κ2) is 12.7. The lowest BCUT2D eigenvalue weighted by Crippen LogP contribution is -2.32. The number of nitrogens with zero attached hydrogens (tertiary/aromatic N) is 3. The molecule has 1 fully saturated rings. The van der Waals surface area contributed by atoms with E-state index >= 15 is 0 Å². The lowest BCUT2D eigenvalue weighted by Gasteiger charge is -2.20. The topological polar surface area (TPSA) is 58.4 Å². The number of rotatable bonds is 13. The number of hydrogen-bond acceptors (Lipinski definition) is 5. The number of unbranched alkanes of at least 4 members (excludes halogenated alkanes) is 5. The van der Waals surface area contributed by atoms with E-state index < -0.39 is 0 Å². The van der Waals surface area contributed by atoms with Gasteiger partial charge >= 0.3 is 0 Å². The molecule has 0 aliphatic carbocycles. The van der Waals surface area contributed by atoms with Crippen molar-refractivity contribution >= 4 is 0 Å². The minimum atomic E-state index is -0.220. The summed E-state index contributed by atoms with van der Waals surface area (Å²) in [6.07, 6.45) is 10.7. The van der Waals surface area contributed by atoms with Gasteiger partial charge in [0.2, 0.25) is 0 Å². The molecule has 0 radical (unpaired) electrons. The van der Waals surface area contributed by atoms with Gasteiger partial charge in [0.25, 0.3) is 0 Å². The Balaban J connectivity index is 1.36. The molecule has 2 heterocycles. The molecule has 6 nitrogen and oxygen atoms in total. The third kappa shape index (κ3) is 7.56. The van der Waals surface area contributed by atoms with Crippen LogP contribution in [0.1, 0.15) is 74.9 Å². The molecule has 3 aromatic rings. The summed E-state index contributed by atoms with van der Waals surface area (Å²) in [5.74, 6) is 1.67. The van der Waals surface area contributed by atoms with E-state index in [2.05, 4.69) is 55.3 Å². The van der Waals surface area contributed by atoms with Gasteiger partial charge in [0.1, 0.15) is 30.3 Å². The number of benzene rings is 2. The molecular formula is C29H39N3O3. The van der Waals surface area contributed by atoms with Gasteiger partial charge in [0.15, 0.2) is 6.23 Å². The molecule has 3 atom stereocenters. The van der Waals surface area contributed by atoms with Gasteiger partial charge in [-0.15, -0.1) is 5.10 Å². The lowest BCUT2D eigenvalue weighted by atomic mass is 10.1. The first-order valence-electron chi connectivity index (χ1n) is 13.1. The Morgan fingerprint density at radius 2 is 1.54 bits per heavy atom. The largest absolute Gasteiger partial charge is 0.491 e. The molecule has 0 saturated carbocycles. The molecule has 0 unspecified atom stereocenters. The third-order valence-electron chi connectivity index (χ3n) is 6.56. The van der Waals surface area contributed by atoms with Crippen molar-refractivity contribution in [2.75, 3.05) is 6.61 Å². The molecule has 0 N–H and O–H groups in total. The number of aromatic nitrogens is 3. The van der Waals surface area contributed by atoms with Crippen LogP contribution in [0.2, 0.25) is 0 Å². The van der Waals surface area contributed by atoms with Gasteiger partial charge in [-0.25, -0.2) is 4.68 Å². The van der Waals surface area contributed by atoms with E-state index in [1.54, 1.807) is 0 Å². The molecule has 0 spiro atoms. The fourth-order valence-electron chi connectivity index (χ4n) is 4.40. The van der Waals surface area contributed by atoms with Crippen LogP contribution < -0.4 is 9.47 Å². The Kier molecular flexibility index (Phi) is 9.18. The smallest absolute Gasteiger partial charge is 0.156 e. The zero-order valence-electron chi connectivity index (χ0n) is 21.4. The van der Waals surface area contributed by atoms with Crippen LogP contribution >= 0.6 is 0 Å². The van der Waals surface area contributed by atoms with Gasteiger partial charge in [-0.05, 0) is 51.0 Å². The fourth-order valence-corrected chi connectivity index (χ4v) is 4.40. The highest BCUT2D eigenvalue weighted by atomic mass is 16.6. The van der Waals surface area contributed by atoms with E-state index in [0.717, 1.165) is 30.0 Å². The summed E-state index contributed by atoms with van der Waals surface area (Å²) in [5, 5.41) is 8.79. The van der Waals surface area contributed by atoms with E-state index in [1.807, 2.05) is 35.1 Å². The predicted octanol–water partition coefficient (Wildman–Crippen LogP) is 6.61. The molecule has 188 valence electrons. The quantitative estimate of drug-likeness (QED) is 0.259. The average molecular weight is 478 g/mol. The summed E-state index contributed by atoms with van der Waals surface area (Å²) in [5.41, 5.74) is 3.44. The van der Waals surface area contributed by atoms with Crippen LogP contribution in [0.15, 0.2) is 54.7 Å². The maximum absolute atomic E-state index is 6.40. The summed E-state index contributed by atoms with van der Waals surface area (Å²) in [6, 6.07) is 16.2. The van der Waals surface area contributed by atoms with Crippen molar-refractivity contribution < 1.29 is 14.2 Å². The highest BCUT2D eigenvalue weighted by molar-refractivity contribution is 5.27. The Morgan fingerprint density at radius 3 is 2.26 bits per heavy atom. The number of aryl methyl sites for hydroxylation is 3. The normalized spacial score (nSPS) is 19.7. The second-order valence-electron chi connectivity index (χ2n) is 9.67. The standard InChI is InChI=1S/C29H39N3O3/c1-4-5-6-7-8-9-10-24-20-32(31-30-24)29-19-27(34-26-17-13-23(3)14-18-26)28(35-29)21-33-25-15-11-22(2)12-16-25/h11-18,20,27-29H,4-10,19,21H2,1-3H3/t27-,28+,29+/m0/s1. The lowest BCUT2D eigenvalue weighted by molar-refractivity contribution is -0.0406. The van der Waals surface area contributed by atoms with E-state index in [0.29, 0.717) is 13.0 Å². The van der Waals surface area contributed by atoms with Crippen LogP contribution in [-0.2, 0) is 11.2 Å². The van der Waals surface area contributed by atoms with Gasteiger partial charge in [-0.2, -0.15) is 0 Å². The van der Waals surface area contributed by atoms with Crippen LogP contribution in [0.25, 0.3) is 0 Å². The summed E-state index contributed by atoms with van der Waals surface area (Å²) >= 11 is 0. The minimum absolute atomic E-state index is 0.139. The molecule has 4 rings (SSSR count). The van der Waals surface area contributed by atoms with Gasteiger partial charge in [0, 0.05) is 6.42 Å². The zero-order valence-corrected chi connectivity index (χ0v) is 21.4. The van der Waals surface area contributed by atoms with Gasteiger partial charge in [-0.1, -0.05) is 79.6 Å². The molecule has 1 saturated heterocycles. The predicted molar refractivity (Wildman–Crippen MR) is 138 cm³/mol. The second-order valence-corrected chi connectivity index (χ2v) is 9.67. The van der Waals surface area contributed by atoms with Crippen LogP contribution in [0, 0.1) is 13.8 Å². The van der Waals surface area contributed by atoms with E-state index in [1.165, 1.54) is 43.2 Å². The molecule has 35 heavy (non-hydrogen) atoms. The van der Waals surface area contributed by atoms with Gasteiger partial charge < -0.3 is 14.2 Å². The minimum Gasteiger partial charge on any atom is -0.491 e. The molecule has 2 aromatic carbocycles. The Bertz CT molecular complexity index is 1020. The highest BCUT2D eigenvalue weighted by Gasteiger charge is 2.39. The van der Waals surface area contributed by atoms with Crippen molar-refractivity contribution in [3.63, 3.8) is 0 Å². The number of ether oxygens (including phenoxy) is 3. The molecule has 1 aliphatic rings. The first kappa shape index (κ1) is 25.2. The van der Waals surface area contributed by atoms with Crippen LogP contribution in [0.5, 0.6) is 11.5 Å². The fraction of sp³-hybridized carbons (Fsp3) is 0.517. The van der Waals surface area contributed by atoms with E-state index in [-0.39, 0.29) is 18.4 Å². The molecular weight excluding hydrogens is 438 g/mol. The first-order chi connectivity index (χ1) is 17.1. The molecule has 0 amide bonds. The van der Waals surface area contributed by atoms with Crippen molar-refractivity contribution in [1.29, 1.82) is 0 Å². The van der Waals surface area contributed by atoms with Crippen molar-refractivity contribution in [1.82, 2.24) is 15.0 Å². The van der Waals surface area contributed by atoms with E-state index in [4.69, 9.17) is 14.2 Å². The van der Waals surface area contributed by atoms with Crippen LogP contribution in [0.3, 0.4) is 0 Å². The van der Waals surface area contributed by atoms with E-state index in [9.17, 15) is 0 Å². The monoisotopic (exact) mass is 477 g/mol. The highest BCUT2D eigenvalue weighted by Crippen LogP contribution is 2.32. The summed E-state index contributed by atoms with van der Waals surface area (Å²) in [7, 11) is 0. The summed E-state index contributed by atoms with van der Waals surface area (Å²) in [6.45, 7) is 6.80. The van der Waals surface area contributed by atoms with Gasteiger partial charge in [-0.3, -0.25) is 0 Å².